The van der Waals surface area contributed by atoms with Crippen LogP contribution in [0.1, 0.15) is 32.6 Å². The van der Waals surface area contributed by atoms with Crippen LogP contribution in [0.3, 0.4) is 0 Å². The van der Waals surface area contributed by atoms with Crippen molar-refractivity contribution in [1.29, 1.82) is 0 Å². The number of anilines is 1. The molecule has 0 aliphatic heterocycles. The van der Waals surface area contributed by atoms with Crippen molar-refractivity contribution >= 4 is 11.7 Å². The Morgan fingerprint density at radius 2 is 1.80 bits per heavy atom. The van der Waals surface area contributed by atoms with Gasteiger partial charge in [0.2, 0.25) is 0 Å². The summed E-state index contributed by atoms with van der Waals surface area (Å²) in [6, 6.07) is 1.83. The maximum absolute atomic E-state index is 12.9. The Morgan fingerprint density at radius 3 is 2.40 bits per heavy atom. The molecule has 0 aliphatic carbocycles. The van der Waals surface area contributed by atoms with E-state index in [-0.39, 0.29) is 11.7 Å². The number of nitrogens with one attached hydrogen (secondary N) is 1. The van der Waals surface area contributed by atoms with E-state index in [0.29, 0.717) is 26.0 Å². The van der Waals surface area contributed by atoms with Gasteiger partial charge < -0.3 is 10.1 Å². The SMILES string of the molecule is CCOC(=O)CCCCCNc1cc(F)c(F)c(F)c1. The summed E-state index contributed by atoms with van der Waals surface area (Å²) in [5, 5.41) is 2.80. The normalized spacial score (nSPS) is 10.4. The molecule has 0 aromatic heterocycles. The largest absolute Gasteiger partial charge is 0.466 e. The topological polar surface area (TPSA) is 38.3 Å². The van der Waals surface area contributed by atoms with Crippen molar-refractivity contribution in [3.63, 3.8) is 0 Å². The van der Waals surface area contributed by atoms with E-state index in [1.807, 2.05) is 0 Å². The fourth-order valence-electron chi connectivity index (χ4n) is 1.69. The minimum absolute atomic E-state index is 0.201. The average Bonchev–Trinajstić information content (AvgIpc) is 2.40. The summed E-state index contributed by atoms with van der Waals surface area (Å²) in [5.74, 6) is -4.11. The number of unbranched alkanes of at least 4 members (excludes halogenated alkanes) is 2. The monoisotopic (exact) mass is 289 g/mol. The Kier molecular flexibility index (Phi) is 6.90. The molecule has 0 aliphatic rings. The zero-order chi connectivity index (χ0) is 15.0. The van der Waals surface area contributed by atoms with Gasteiger partial charge in [-0.15, -0.1) is 0 Å². The van der Waals surface area contributed by atoms with Crippen molar-refractivity contribution in [1.82, 2.24) is 0 Å². The Balaban J connectivity index is 2.20. The van der Waals surface area contributed by atoms with E-state index in [9.17, 15) is 18.0 Å². The molecule has 0 heterocycles. The van der Waals surface area contributed by atoms with E-state index < -0.39 is 17.5 Å². The van der Waals surface area contributed by atoms with E-state index in [1.54, 1.807) is 6.92 Å². The first-order valence-corrected chi connectivity index (χ1v) is 6.58. The smallest absolute Gasteiger partial charge is 0.305 e. The number of halogens is 3. The third-order valence-corrected chi connectivity index (χ3v) is 2.68. The molecular weight excluding hydrogens is 271 g/mol. The predicted octanol–water partition coefficient (Wildman–Crippen LogP) is 3.64. The van der Waals surface area contributed by atoms with Crippen LogP contribution in [0.25, 0.3) is 0 Å². The van der Waals surface area contributed by atoms with Crippen LogP contribution in [0.4, 0.5) is 18.9 Å². The molecule has 1 N–H and O–H groups in total. The maximum Gasteiger partial charge on any atom is 0.305 e. The van der Waals surface area contributed by atoms with Crippen molar-refractivity contribution in [2.24, 2.45) is 0 Å². The summed E-state index contributed by atoms with van der Waals surface area (Å²) in [4.78, 5) is 11.0. The van der Waals surface area contributed by atoms with E-state index in [0.717, 1.165) is 25.0 Å². The lowest BCUT2D eigenvalue weighted by molar-refractivity contribution is -0.143. The molecule has 0 atom stereocenters. The standard InChI is InChI=1S/C14H18F3NO2/c1-2-20-13(19)6-4-3-5-7-18-10-8-11(15)14(17)12(16)9-10/h8-9,18H,2-7H2,1H3. The number of ether oxygens (including phenoxy) is 1. The van der Waals surface area contributed by atoms with Gasteiger partial charge in [0.25, 0.3) is 0 Å². The molecule has 1 aromatic carbocycles. The molecule has 1 aromatic rings. The molecule has 0 saturated carbocycles. The molecule has 112 valence electrons. The zero-order valence-electron chi connectivity index (χ0n) is 11.3. The third kappa shape index (κ3) is 5.50. The average molecular weight is 289 g/mol. The van der Waals surface area contributed by atoms with E-state index in [4.69, 9.17) is 4.74 Å². The number of benzene rings is 1. The van der Waals surface area contributed by atoms with Crippen LogP contribution < -0.4 is 5.32 Å². The van der Waals surface area contributed by atoms with Gasteiger partial charge in [0.15, 0.2) is 17.5 Å². The molecule has 0 saturated heterocycles. The summed E-state index contributed by atoms with van der Waals surface area (Å²) in [7, 11) is 0. The molecule has 0 radical (unpaired) electrons. The van der Waals surface area contributed by atoms with Gasteiger partial charge in [0, 0.05) is 30.8 Å². The quantitative estimate of drug-likeness (QED) is 0.451. The van der Waals surface area contributed by atoms with E-state index >= 15 is 0 Å². The van der Waals surface area contributed by atoms with Crippen molar-refractivity contribution in [2.45, 2.75) is 32.6 Å². The molecule has 20 heavy (non-hydrogen) atoms. The van der Waals surface area contributed by atoms with Crippen molar-refractivity contribution in [3.05, 3.63) is 29.6 Å². The highest BCUT2D eigenvalue weighted by Crippen LogP contribution is 2.17. The first kappa shape index (κ1) is 16.3. The van der Waals surface area contributed by atoms with Crippen LogP contribution in [-0.4, -0.2) is 19.1 Å². The predicted molar refractivity (Wildman–Crippen MR) is 69.9 cm³/mol. The Hall–Kier alpha value is -1.72. The Labute approximate surface area is 116 Å². The van der Waals surface area contributed by atoms with Crippen LogP contribution in [0.2, 0.25) is 0 Å². The molecule has 3 nitrogen and oxygen atoms in total. The lowest BCUT2D eigenvalue weighted by Gasteiger charge is -2.07. The second-order valence-corrected chi connectivity index (χ2v) is 4.30. The molecular formula is C14H18F3NO2. The molecule has 0 bridgehead atoms. The van der Waals surface area contributed by atoms with Crippen LogP contribution in [0.5, 0.6) is 0 Å². The van der Waals surface area contributed by atoms with Crippen LogP contribution in [-0.2, 0) is 9.53 Å². The van der Waals surface area contributed by atoms with Gasteiger partial charge in [0.1, 0.15) is 0 Å². The van der Waals surface area contributed by atoms with Gasteiger partial charge >= 0.3 is 5.97 Å². The number of carbonyl (C=O) groups excluding carboxylic acids is 1. The second kappa shape index (κ2) is 8.45. The van der Waals surface area contributed by atoms with Gasteiger partial charge in [-0.05, 0) is 19.8 Å². The summed E-state index contributed by atoms with van der Waals surface area (Å²) >= 11 is 0. The highest BCUT2D eigenvalue weighted by Gasteiger charge is 2.09. The summed E-state index contributed by atoms with van der Waals surface area (Å²) < 4.78 is 43.3. The molecule has 1 rings (SSSR count). The third-order valence-electron chi connectivity index (χ3n) is 2.68. The Bertz CT molecular complexity index is 429. The van der Waals surface area contributed by atoms with Crippen LogP contribution >= 0.6 is 0 Å². The Morgan fingerprint density at radius 1 is 1.15 bits per heavy atom. The van der Waals surface area contributed by atoms with Crippen LogP contribution in [0.15, 0.2) is 12.1 Å². The number of carbonyl (C=O) groups is 1. The first-order valence-electron chi connectivity index (χ1n) is 6.58. The molecule has 0 spiro atoms. The molecule has 0 fully saturated rings. The van der Waals surface area contributed by atoms with Gasteiger partial charge in [-0.2, -0.15) is 0 Å². The zero-order valence-corrected chi connectivity index (χ0v) is 11.3. The van der Waals surface area contributed by atoms with Crippen molar-refractivity contribution in [2.75, 3.05) is 18.5 Å². The molecule has 0 amide bonds. The minimum Gasteiger partial charge on any atom is -0.466 e. The van der Waals surface area contributed by atoms with Gasteiger partial charge in [-0.3, -0.25) is 4.79 Å². The number of esters is 1. The highest BCUT2D eigenvalue weighted by molar-refractivity contribution is 5.69. The lowest BCUT2D eigenvalue weighted by atomic mass is 10.2. The van der Waals surface area contributed by atoms with Crippen molar-refractivity contribution in [3.8, 4) is 0 Å². The fraction of sp³-hybridized carbons (Fsp3) is 0.500. The van der Waals surface area contributed by atoms with Crippen LogP contribution in [0, 0.1) is 17.5 Å². The van der Waals surface area contributed by atoms with Gasteiger partial charge in [-0.1, -0.05) is 6.42 Å². The summed E-state index contributed by atoms with van der Waals surface area (Å²) in [5.41, 5.74) is 0.201. The van der Waals surface area contributed by atoms with E-state index in [1.165, 1.54) is 0 Å². The number of hydrogen-bond acceptors (Lipinski definition) is 3. The number of rotatable bonds is 8. The maximum atomic E-state index is 12.9. The fourth-order valence-corrected chi connectivity index (χ4v) is 1.69. The van der Waals surface area contributed by atoms with Gasteiger partial charge in [0.05, 0.1) is 6.61 Å². The summed E-state index contributed by atoms with van der Waals surface area (Å²) in [6.45, 7) is 2.62. The number of hydrogen-bond donors (Lipinski definition) is 1. The first-order chi connectivity index (χ1) is 9.54. The summed E-state index contributed by atoms with van der Waals surface area (Å²) in [6.07, 6.45) is 2.60. The molecule has 0 unspecified atom stereocenters. The molecule has 6 heteroatoms. The van der Waals surface area contributed by atoms with Crippen molar-refractivity contribution < 1.29 is 22.7 Å². The van der Waals surface area contributed by atoms with E-state index in [2.05, 4.69) is 5.32 Å². The minimum atomic E-state index is -1.47. The highest BCUT2D eigenvalue weighted by atomic mass is 19.2. The lowest BCUT2D eigenvalue weighted by Crippen LogP contribution is -2.05. The second-order valence-electron chi connectivity index (χ2n) is 4.30. The van der Waals surface area contributed by atoms with Gasteiger partial charge in [-0.25, -0.2) is 13.2 Å².